The second-order valence-corrected chi connectivity index (χ2v) is 19.0. The lowest BCUT2D eigenvalue weighted by Gasteiger charge is -2.32. The molecule has 0 aliphatic carbocycles. The molecular formula is C55H59Cl5N8O4. The molecule has 4 unspecified atom stereocenters. The van der Waals surface area contributed by atoms with E-state index in [0.29, 0.717) is 34.5 Å². The Bertz CT molecular complexity index is 3700. The highest BCUT2D eigenvalue weighted by Crippen LogP contribution is 2.41. The minimum atomic E-state index is -3.81. The number of carbonyl (C=O) groups is 4. The number of carbonyl (C=O) groups excluding carboxylic acids is 4. The van der Waals surface area contributed by atoms with Crippen LogP contribution in [0.4, 0.5) is 11.6 Å². The van der Waals surface area contributed by atoms with Gasteiger partial charge in [0.05, 0.1) is 19.3 Å². The Morgan fingerprint density at radius 2 is 1.19 bits per heavy atom. The van der Waals surface area contributed by atoms with Crippen molar-refractivity contribution in [1.29, 1.82) is 0 Å². The number of benzene rings is 2. The topological polar surface area (TPSA) is 142 Å². The minimum Gasteiger partial charge on any atom is -0.360 e. The number of amidine groups is 1. The highest BCUT2D eigenvalue weighted by molar-refractivity contribution is 6.63. The molecule has 12 nitrogen and oxygen atoms in total. The smallest absolute Gasteiger partial charge is 0.260 e. The van der Waals surface area contributed by atoms with Crippen LogP contribution < -0.4 is 9.80 Å². The summed E-state index contributed by atoms with van der Waals surface area (Å²) >= 11 is 26.1. The minimum absolute atomic E-state index is 0.0107. The van der Waals surface area contributed by atoms with E-state index in [-0.39, 0.29) is 51.0 Å². The first-order chi connectivity index (χ1) is 41.0. The van der Waals surface area contributed by atoms with Gasteiger partial charge in [0.15, 0.2) is 15.6 Å². The number of alkyl halides is 3. The molecular weight excluding hydrogens is 1010 g/mol. The fraction of sp³-hybridized carbons (Fsp3) is 0.400. The van der Waals surface area contributed by atoms with Crippen LogP contribution >= 0.6 is 58.0 Å². The van der Waals surface area contributed by atoms with E-state index in [9.17, 15) is 19.2 Å². The van der Waals surface area contributed by atoms with Gasteiger partial charge < -0.3 is 4.90 Å². The number of Topliss-reactive ketones (excluding diaryl/α,β-unsaturated/α-hetero) is 2. The van der Waals surface area contributed by atoms with Crippen LogP contribution in [0, 0.1) is 11.8 Å². The van der Waals surface area contributed by atoms with E-state index in [1.54, 1.807) is 60.7 Å². The summed E-state index contributed by atoms with van der Waals surface area (Å²) in [5, 5.41) is 1.60. The highest BCUT2D eigenvalue weighted by atomic mass is 35.6. The molecule has 4 aliphatic rings. The molecule has 8 heterocycles. The Morgan fingerprint density at radius 3 is 1.76 bits per heavy atom. The Kier molecular flexibility index (Phi) is 12.7. The molecule has 17 heteroatoms. The molecule has 6 aromatic rings. The first kappa shape index (κ1) is 35.8. The van der Waals surface area contributed by atoms with Crippen molar-refractivity contribution in [1.82, 2.24) is 24.8 Å². The van der Waals surface area contributed by atoms with Crippen LogP contribution in [0.25, 0.3) is 22.1 Å². The van der Waals surface area contributed by atoms with Gasteiger partial charge in [-0.25, -0.2) is 19.9 Å². The fourth-order valence-corrected chi connectivity index (χ4v) is 8.63. The summed E-state index contributed by atoms with van der Waals surface area (Å²) in [6.07, 6.45) is -9.25. The van der Waals surface area contributed by atoms with Crippen molar-refractivity contribution in [3.05, 3.63) is 130 Å². The van der Waals surface area contributed by atoms with E-state index in [4.69, 9.17) is 81.3 Å². The van der Waals surface area contributed by atoms with Crippen LogP contribution in [0.1, 0.15) is 159 Å². The average Bonchev–Trinajstić information content (AvgIpc) is 1.76. The third-order valence-electron chi connectivity index (χ3n) is 11.5. The van der Waals surface area contributed by atoms with Crippen molar-refractivity contribution >= 4 is 121 Å². The number of amides is 2. The normalized spacial score (nSPS) is 23.3. The molecule has 72 heavy (non-hydrogen) atoms. The summed E-state index contributed by atoms with van der Waals surface area (Å²) in [6.45, 7) is -1.10. The van der Waals surface area contributed by atoms with Gasteiger partial charge in [-0.15, -0.1) is 0 Å². The highest BCUT2D eigenvalue weighted by Gasteiger charge is 2.40. The van der Waals surface area contributed by atoms with Crippen molar-refractivity contribution in [3.8, 4) is 0 Å². The molecule has 1 saturated heterocycles. The van der Waals surface area contributed by atoms with Gasteiger partial charge >= 0.3 is 0 Å². The predicted octanol–water partition coefficient (Wildman–Crippen LogP) is 14.0. The molecule has 4 aliphatic heterocycles. The quantitative estimate of drug-likeness (QED) is 0.0864. The summed E-state index contributed by atoms with van der Waals surface area (Å²) in [6, 6.07) is 22.8. The molecule has 4 aromatic heterocycles. The molecule has 2 amide bonds. The summed E-state index contributed by atoms with van der Waals surface area (Å²) in [7, 11) is 0. The van der Waals surface area contributed by atoms with E-state index in [1.165, 1.54) is 85.9 Å². The van der Waals surface area contributed by atoms with E-state index in [2.05, 4.69) is 29.8 Å². The number of anilines is 2. The third kappa shape index (κ3) is 14.1. The standard InChI is InChI=1S/2C23H22ClN3O2.C8H14N2.CHCl3/c2*1-14(2)7-10-16(28)13-19-17-5-3-4-6-18(17)23(29)27(19)21-12-9-15-8-11-20(24)25-22(15)26-21;1-2-6-10-7-3-5-9-8(10)4-1;2-1(3)4/h2*3-6,8-9,11-12,14,19H,7,10,13H2,1-2H3;1-7H2;1H/i1D3,7D2,10D2,13D2,14D;1D3,7D2,14D;;1D. The summed E-state index contributed by atoms with van der Waals surface area (Å²) < 4.78 is 133. The van der Waals surface area contributed by atoms with Gasteiger partial charge in [0.25, 0.3) is 11.8 Å². The Morgan fingerprint density at radius 1 is 0.681 bits per heavy atom. The molecule has 0 saturated carbocycles. The number of piperidine rings is 1. The van der Waals surface area contributed by atoms with Crippen LogP contribution in [-0.4, -0.2) is 78.0 Å². The monoisotopic (exact) mass is 1090 g/mol. The van der Waals surface area contributed by atoms with Crippen molar-refractivity contribution in [3.63, 3.8) is 0 Å². The number of hydrogen-bond acceptors (Lipinski definition) is 10. The second-order valence-electron chi connectivity index (χ2n) is 16.5. The molecule has 0 radical (unpaired) electrons. The molecule has 0 N–H and O–H groups in total. The zero-order valence-corrected chi connectivity index (χ0v) is 42.6. The lowest BCUT2D eigenvalue weighted by atomic mass is 9.97. The number of aromatic nitrogens is 4. The van der Waals surface area contributed by atoms with Gasteiger partial charge in [-0.05, 0) is 116 Å². The zero-order chi connectivity index (χ0) is 66.4. The Labute approximate surface area is 470 Å². The number of halogens is 5. The molecule has 0 bridgehead atoms. The van der Waals surface area contributed by atoms with E-state index in [1.807, 2.05) is 0 Å². The van der Waals surface area contributed by atoms with Crippen LogP contribution in [0.2, 0.25) is 10.3 Å². The number of aliphatic imine (C=N–C) groups is 1. The number of ketones is 2. The zero-order valence-electron chi connectivity index (χ0n) is 55.9. The summed E-state index contributed by atoms with van der Waals surface area (Å²) in [5.41, 5.74) is 1.43. The molecule has 2 aromatic carbocycles. The number of pyridine rings is 4. The van der Waals surface area contributed by atoms with Crippen LogP contribution in [0.5, 0.6) is 0 Å². The van der Waals surface area contributed by atoms with Crippen LogP contribution in [0.15, 0.2) is 102 Å². The maximum atomic E-state index is 13.6. The fourth-order valence-electron chi connectivity index (χ4n) is 8.34. The SMILES string of the molecule is C1CCN2CCCN=C2C1.[2H]C(Cl)(Cl)Cl.[2H]C([2H])(C(=O)C([2H])([2H])C([2H])([2H])C([2H])(C)C([2H])([2H])[2H])C1c2ccccc2C(=O)N1c1ccc2ccc(Cl)nc2n1.[2H]C([2H])([2H])C([2H])(C)C([2H])([2H])CC(=O)CC1c2ccccc2C(=O)N1c1ccc2ccc(Cl)nc2n1. The maximum absolute atomic E-state index is 13.6. The van der Waals surface area contributed by atoms with Crippen molar-refractivity contribution in [2.45, 2.75) is 108 Å². The number of fused-ring (bicyclic) bond motifs is 5. The molecule has 0 spiro atoms. The number of rotatable bonds is 12. The molecule has 10 rings (SSSR count). The average molecular weight is 1090 g/mol. The Balaban J connectivity index is 0.000000206. The summed E-state index contributed by atoms with van der Waals surface area (Å²) in [5.74, 6) is -7.83. The molecule has 378 valence electrons. The van der Waals surface area contributed by atoms with Gasteiger partial charge in [0.2, 0.25) is 0 Å². The predicted molar refractivity (Wildman–Crippen MR) is 292 cm³/mol. The van der Waals surface area contributed by atoms with E-state index < -0.39 is 91.2 Å². The Hall–Kier alpha value is -5.24. The maximum Gasteiger partial charge on any atom is 0.260 e. The van der Waals surface area contributed by atoms with Gasteiger partial charge in [-0.1, -0.05) is 122 Å². The lowest BCUT2D eigenvalue weighted by molar-refractivity contribution is -0.120. The molecule has 4 atom stereocenters. The summed E-state index contributed by atoms with van der Waals surface area (Å²) in [4.78, 5) is 79.7. The lowest BCUT2D eigenvalue weighted by Crippen LogP contribution is -2.39. The number of hydrogen-bond donors (Lipinski definition) is 0. The van der Waals surface area contributed by atoms with Crippen molar-refractivity contribution < 1.29 is 42.5 Å². The van der Waals surface area contributed by atoms with Crippen molar-refractivity contribution in [2.75, 3.05) is 29.4 Å². The van der Waals surface area contributed by atoms with Gasteiger partial charge in [-0.3, -0.25) is 34.0 Å². The first-order valence-electron chi connectivity index (χ1n) is 31.1. The number of nitrogens with zero attached hydrogens (tertiary/aromatic N) is 8. The largest absolute Gasteiger partial charge is 0.360 e. The van der Waals surface area contributed by atoms with Crippen molar-refractivity contribution in [2.24, 2.45) is 16.8 Å². The first-order valence-corrected chi connectivity index (χ1v) is 24.5. The van der Waals surface area contributed by atoms with Gasteiger partial charge in [-0.2, -0.15) is 0 Å². The second kappa shape index (κ2) is 25.6. The van der Waals surface area contributed by atoms with Crippen LogP contribution in [-0.2, 0) is 9.59 Å². The van der Waals surface area contributed by atoms with Gasteiger partial charge in [0.1, 0.15) is 33.5 Å². The van der Waals surface area contributed by atoms with E-state index >= 15 is 0 Å². The van der Waals surface area contributed by atoms with Crippen LogP contribution in [0.3, 0.4) is 0 Å². The van der Waals surface area contributed by atoms with Gasteiger partial charge in [0, 0.05) is 95.5 Å². The molecule has 1 fully saturated rings. The van der Waals surface area contributed by atoms with E-state index in [0.717, 1.165) is 18.4 Å². The third-order valence-corrected chi connectivity index (χ3v) is 11.9.